The monoisotopic (exact) mass is 368 g/mol. The summed E-state index contributed by atoms with van der Waals surface area (Å²) in [5, 5.41) is 0.105. The van der Waals surface area contributed by atoms with Crippen molar-refractivity contribution in [3.63, 3.8) is 0 Å². The van der Waals surface area contributed by atoms with E-state index in [1.807, 2.05) is 19.1 Å². The molecule has 3 nitrogen and oxygen atoms in total. The number of rotatable bonds is 6. The molecule has 0 aromatic heterocycles. The maximum atomic E-state index is 11.7. The van der Waals surface area contributed by atoms with Crippen LogP contribution >= 0.6 is 0 Å². The lowest BCUT2D eigenvalue weighted by Gasteiger charge is -2.40. The minimum atomic E-state index is -2.00. The van der Waals surface area contributed by atoms with E-state index < -0.39 is 27.6 Å². The number of ether oxygens (including phenoxy) is 1. The minimum Gasteiger partial charge on any atom is -0.451 e. The van der Waals surface area contributed by atoms with E-state index in [4.69, 9.17) is 9.16 Å². The summed E-state index contributed by atoms with van der Waals surface area (Å²) in [6, 6.07) is 0. The van der Waals surface area contributed by atoms with Crippen molar-refractivity contribution in [1.29, 1.82) is 0 Å². The second-order valence-corrected chi connectivity index (χ2v) is 19.4. The fraction of sp³-hybridized carbons (Fsp3) is 0.737. The van der Waals surface area contributed by atoms with Crippen molar-refractivity contribution in [2.75, 3.05) is 0 Å². The molecule has 0 unspecified atom stereocenters. The molecule has 1 aliphatic carbocycles. The first-order valence-electron chi connectivity index (χ1n) is 8.84. The van der Waals surface area contributed by atoms with E-state index in [1.165, 1.54) is 6.92 Å². The first-order valence-corrected chi connectivity index (χ1v) is 15.3. The van der Waals surface area contributed by atoms with E-state index in [0.29, 0.717) is 6.42 Å². The third-order valence-corrected chi connectivity index (χ3v) is 10.6. The van der Waals surface area contributed by atoms with Gasteiger partial charge in [-0.15, -0.1) is 0 Å². The highest BCUT2D eigenvalue weighted by Gasteiger charge is 2.71. The Kier molecular flexibility index (Phi) is 5.86. The molecular weight excluding hydrogens is 332 g/mol. The van der Waals surface area contributed by atoms with Crippen molar-refractivity contribution < 1.29 is 14.0 Å². The lowest BCUT2D eigenvalue weighted by Crippen LogP contribution is -2.47. The lowest BCUT2D eigenvalue weighted by molar-refractivity contribution is -0.148. The summed E-state index contributed by atoms with van der Waals surface area (Å²) in [5.74, 6) is -0.254. The standard InChI is InChI=1S/C19H36O3Si2/c1-11-12-18(21-16(2)20)15-19(18,13-14-23(6,7)8)22-24(9,10)17(3,4)5/h11-14H,15H2,1-10H3/b12-11+,14-13-/t18-,19-/m1/s1. The minimum absolute atomic E-state index is 0.105. The Labute approximate surface area is 150 Å². The van der Waals surface area contributed by atoms with Gasteiger partial charge in [-0.25, -0.2) is 0 Å². The molecule has 5 heteroatoms. The molecule has 0 saturated heterocycles. The molecule has 138 valence electrons. The summed E-state index contributed by atoms with van der Waals surface area (Å²) >= 11 is 0. The van der Waals surface area contributed by atoms with Gasteiger partial charge in [0, 0.05) is 13.3 Å². The highest BCUT2D eigenvalue weighted by molar-refractivity contribution is 6.81. The number of carbonyl (C=O) groups excluding carboxylic acids is 1. The van der Waals surface area contributed by atoms with Gasteiger partial charge in [0.05, 0.1) is 8.07 Å². The smallest absolute Gasteiger partial charge is 0.303 e. The van der Waals surface area contributed by atoms with Gasteiger partial charge in [-0.1, -0.05) is 58.3 Å². The Balaban J connectivity index is 3.31. The number of carbonyl (C=O) groups is 1. The number of esters is 1. The van der Waals surface area contributed by atoms with Crippen molar-refractivity contribution in [2.45, 2.75) is 90.0 Å². The molecule has 1 aliphatic rings. The largest absolute Gasteiger partial charge is 0.451 e. The topological polar surface area (TPSA) is 35.5 Å². The van der Waals surface area contributed by atoms with Crippen molar-refractivity contribution in [3.8, 4) is 0 Å². The van der Waals surface area contributed by atoms with Gasteiger partial charge in [0.15, 0.2) is 13.9 Å². The zero-order valence-electron chi connectivity index (χ0n) is 17.2. The van der Waals surface area contributed by atoms with E-state index in [-0.39, 0.29) is 11.0 Å². The lowest BCUT2D eigenvalue weighted by atomic mass is 10.2. The van der Waals surface area contributed by atoms with Crippen LogP contribution in [-0.4, -0.2) is 33.6 Å². The fourth-order valence-electron chi connectivity index (χ4n) is 2.58. The van der Waals surface area contributed by atoms with E-state index >= 15 is 0 Å². The van der Waals surface area contributed by atoms with Gasteiger partial charge < -0.3 is 9.16 Å². The molecular formula is C19H36O3Si2. The highest BCUT2D eigenvalue weighted by atomic mass is 28.4. The fourth-order valence-corrected chi connectivity index (χ4v) is 4.88. The van der Waals surface area contributed by atoms with Crippen LogP contribution in [0.3, 0.4) is 0 Å². The van der Waals surface area contributed by atoms with Crippen molar-refractivity contribution in [2.24, 2.45) is 0 Å². The Bertz CT molecular complexity index is 538. The predicted molar refractivity (Wildman–Crippen MR) is 107 cm³/mol. The Morgan fingerprint density at radius 1 is 1.04 bits per heavy atom. The van der Waals surface area contributed by atoms with Crippen LogP contribution in [0.15, 0.2) is 23.9 Å². The zero-order valence-corrected chi connectivity index (χ0v) is 19.2. The molecule has 24 heavy (non-hydrogen) atoms. The molecule has 0 amide bonds. The third kappa shape index (κ3) is 4.70. The normalized spacial score (nSPS) is 28.6. The predicted octanol–water partition coefficient (Wildman–Crippen LogP) is 5.46. The summed E-state index contributed by atoms with van der Waals surface area (Å²) in [6.07, 6.45) is 6.86. The van der Waals surface area contributed by atoms with E-state index in [0.717, 1.165) is 0 Å². The summed E-state index contributed by atoms with van der Waals surface area (Å²) < 4.78 is 12.6. The number of allylic oxidation sites excluding steroid dienone is 1. The molecule has 0 spiro atoms. The van der Waals surface area contributed by atoms with Crippen LogP contribution in [-0.2, 0) is 14.0 Å². The zero-order chi connectivity index (χ0) is 19.0. The second kappa shape index (κ2) is 6.58. The van der Waals surface area contributed by atoms with Crippen LogP contribution in [0.5, 0.6) is 0 Å². The average Bonchev–Trinajstić information content (AvgIpc) is 2.90. The molecule has 2 atom stereocenters. The van der Waals surface area contributed by atoms with Gasteiger partial charge in [-0.2, -0.15) is 0 Å². The molecule has 1 rings (SSSR count). The van der Waals surface area contributed by atoms with Gasteiger partial charge >= 0.3 is 5.97 Å². The molecule has 0 bridgehead atoms. The summed E-state index contributed by atoms with van der Waals surface area (Å²) in [5.41, 5.74) is 1.14. The summed E-state index contributed by atoms with van der Waals surface area (Å²) in [7, 11) is -3.39. The van der Waals surface area contributed by atoms with Crippen LogP contribution in [0.2, 0.25) is 37.8 Å². The van der Waals surface area contributed by atoms with Gasteiger partial charge in [0.2, 0.25) is 0 Å². The Hall–Kier alpha value is -0.656. The quantitative estimate of drug-likeness (QED) is 0.354. The molecule has 0 heterocycles. The molecule has 0 radical (unpaired) electrons. The van der Waals surface area contributed by atoms with Crippen LogP contribution in [0.4, 0.5) is 0 Å². The maximum absolute atomic E-state index is 11.7. The average molecular weight is 369 g/mol. The molecule has 0 aromatic rings. The molecule has 0 aromatic carbocycles. The SMILES string of the molecule is C/C=C/[C@@]1(OC(C)=O)C[C@@]1(/C=C\[Si](C)(C)C)O[Si](C)(C)C(C)(C)C. The van der Waals surface area contributed by atoms with Crippen molar-refractivity contribution >= 4 is 22.4 Å². The first kappa shape index (κ1) is 21.4. The molecule has 1 saturated carbocycles. The highest BCUT2D eigenvalue weighted by Crippen LogP contribution is 2.59. The van der Waals surface area contributed by atoms with E-state index in [2.05, 4.69) is 65.3 Å². The van der Waals surface area contributed by atoms with Gasteiger partial charge in [0.25, 0.3) is 0 Å². The second-order valence-electron chi connectivity index (χ2n) is 9.61. The third-order valence-electron chi connectivity index (χ3n) is 4.97. The number of hydrogen-bond donors (Lipinski definition) is 0. The van der Waals surface area contributed by atoms with Crippen LogP contribution in [0, 0.1) is 0 Å². The van der Waals surface area contributed by atoms with E-state index in [1.54, 1.807) is 0 Å². The van der Waals surface area contributed by atoms with Crippen molar-refractivity contribution in [1.82, 2.24) is 0 Å². The number of hydrogen-bond acceptors (Lipinski definition) is 3. The maximum Gasteiger partial charge on any atom is 0.303 e. The van der Waals surface area contributed by atoms with Crippen LogP contribution in [0.25, 0.3) is 0 Å². The van der Waals surface area contributed by atoms with Crippen LogP contribution in [0.1, 0.15) is 41.0 Å². The van der Waals surface area contributed by atoms with Gasteiger partial charge in [-0.3, -0.25) is 4.79 Å². The molecule has 0 N–H and O–H groups in total. The molecule has 0 aliphatic heterocycles. The van der Waals surface area contributed by atoms with Gasteiger partial charge in [-0.05, 0) is 31.1 Å². The Morgan fingerprint density at radius 2 is 1.58 bits per heavy atom. The van der Waals surface area contributed by atoms with Gasteiger partial charge in [0.1, 0.15) is 5.60 Å². The first-order chi connectivity index (χ1) is 10.6. The van der Waals surface area contributed by atoms with Crippen LogP contribution < -0.4 is 0 Å². The summed E-state index contributed by atoms with van der Waals surface area (Å²) in [4.78, 5) is 11.7. The summed E-state index contributed by atoms with van der Waals surface area (Å²) in [6.45, 7) is 21.6. The van der Waals surface area contributed by atoms with E-state index in [9.17, 15) is 4.79 Å². The molecule has 1 fully saturated rings. The van der Waals surface area contributed by atoms with Crippen molar-refractivity contribution in [3.05, 3.63) is 23.9 Å². The Morgan fingerprint density at radius 3 is 1.96 bits per heavy atom.